The van der Waals surface area contributed by atoms with Crippen LogP contribution in [-0.4, -0.2) is 31.2 Å². The minimum atomic E-state index is 0.449. The number of benzene rings is 1. The van der Waals surface area contributed by atoms with Gasteiger partial charge in [0.25, 0.3) is 0 Å². The number of oxime groups is 1. The molecule has 1 aromatic rings. The largest absolute Gasteiger partial charge is 0.491 e. The average Bonchev–Trinajstić information content (AvgIpc) is 2.31. The summed E-state index contributed by atoms with van der Waals surface area (Å²) in [6, 6.07) is 7.32. The Labute approximate surface area is 94.8 Å². The van der Waals surface area contributed by atoms with E-state index in [4.69, 9.17) is 14.7 Å². The zero-order valence-corrected chi connectivity index (χ0v) is 9.00. The van der Waals surface area contributed by atoms with E-state index in [9.17, 15) is 0 Å². The minimum absolute atomic E-state index is 0.449. The van der Waals surface area contributed by atoms with Crippen molar-refractivity contribution in [1.82, 2.24) is 0 Å². The highest BCUT2D eigenvalue weighted by atomic mass is 16.5. The summed E-state index contributed by atoms with van der Waals surface area (Å²) in [4.78, 5) is 0. The van der Waals surface area contributed by atoms with Crippen LogP contribution < -0.4 is 4.74 Å². The van der Waals surface area contributed by atoms with Gasteiger partial charge in [-0.3, -0.25) is 0 Å². The van der Waals surface area contributed by atoms with Crippen LogP contribution in [-0.2, 0) is 4.74 Å². The molecule has 0 aliphatic carbocycles. The molecule has 0 atom stereocenters. The first-order chi connectivity index (χ1) is 7.88. The Morgan fingerprint density at radius 3 is 2.88 bits per heavy atom. The Bertz CT molecular complexity index is 350. The zero-order chi connectivity index (χ0) is 11.6. The van der Waals surface area contributed by atoms with Gasteiger partial charge in [0.15, 0.2) is 0 Å². The van der Waals surface area contributed by atoms with E-state index in [0.29, 0.717) is 25.6 Å². The summed E-state index contributed by atoms with van der Waals surface area (Å²) in [7, 11) is 0. The van der Waals surface area contributed by atoms with E-state index < -0.39 is 0 Å². The number of hydrogen-bond donors (Lipinski definition) is 1. The van der Waals surface area contributed by atoms with Crippen LogP contribution in [0.15, 0.2) is 42.1 Å². The van der Waals surface area contributed by atoms with E-state index in [-0.39, 0.29) is 0 Å². The molecule has 4 nitrogen and oxygen atoms in total. The van der Waals surface area contributed by atoms with Gasteiger partial charge >= 0.3 is 0 Å². The van der Waals surface area contributed by atoms with Crippen LogP contribution in [0.3, 0.4) is 0 Å². The molecule has 0 saturated carbocycles. The summed E-state index contributed by atoms with van der Waals surface area (Å²) in [6.07, 6.45) is 3.02. The second-order valence-corrected chi connectivity index (χ2v) is 2.99. The number of nitrogens with zero attached hydrogens (tertiary/aromatic N) is 1. The smallest absolute Gasteiger partial charge is 0.128 e. The monoisotopic (exact) mass is 221 g/mol. The quantitative estimate of drug-likeness (QED) is 0.252. The van der Waals surface area contributed by atoms with Gasteiger partial charge in [0.1, 0.15) is 12.4 Å². The minimum Gasteiger partial charge on any atom is -0.491 e. The van der Waals surface area contributed by atoms with E-state index in [0.717, 1.165) is 5.56 Å². The van der Waals surface area contributed by atoms with Gasteiger partial charge in [0.05, 0.1) is 19.4 Å². The zero-order valence-electron chi connectivity index (χ0n) is 9.00. The molecule has 1 aromatic carbocycles. The van der Waals surface area contributed by atoms with Gasteiger partial charge in [-0.05, 0) is 12.1 Å². The summed E-state index contributed by atoms with van der Waals surface area (Å²) < 4.78 is 10.7. The van der Waals surface area contributed by atoms with Crippen molar-refractivity contribution >= 4 is 6.21 Å². The Kier molecular flexibility index (Phi) is 5.73. The third-order valence-electron chi connectivity index (χ3n) is 1.84. The number of para-hydroxylation sites is 1. The Morgan fingerprint density at radius 2 is 2.12 bits per heavy atom. The first kappa shape index (κ1) is 12.3. The van der Waals surface area contributed by atoms with Crippen molar-refractivity contribution in [3.63, 3.8) is 0 Å². The van der Waals surface area contributed by atoms with Gasteiger partial charge < -0.3 is 14.7 Å². The summed E-state index contributed by atoms with van der Waals surface area (Å²) in [5.74, 6) is 0.669. The van der Waals surface area contributed by atoms with Crippen molar-refractivity contribution in [2.75, 3.05) is 19.8 Å². The molecule has 0 radical (unpaired) electrons. The molecule has 0 amide bonds. The van der Waals surface area contributed by atoms with Crippen molar-refractivity contribution in [2.24, 2.45) is 5.16 Å². The molecule has 0 spiro atoms. The lowest BCUT2D eigenvalue weighted by Gasteiger charge is -2.08. The van der Waals surface area contributed by atoms with E-state index in [1.807, 2.05) is 18.2 Å². The van der Waals surface area contributed by atoms with Crippen LogP contribution in [0.1, 0.15) is 5.56 Å². The molecular weight excluding hydrogens is 206 g/mol. The molecule has 0 aliphatic rings. The topological polar surface area (TPSA) is 51.0 Å². The van der Waals surface area contributed by atoms with Gasteiger partial charge in [-0.25, -0.2) is 0 Å². The van der Waals surface area contributed by atoms with Crippen LogP contribution in [0, 0.1) is 0 Å². The van der Waals surface area contributed by atoms with Crippen molar-refractivity contribution in [2.45, 2.75) is 0 Å². The van der Waals surface area contributed by atoms with Crippen molar-refractivity contribution < 1.29 is 14.7 Å². The maximum Gasteiger partial charge on any atom is 0.128 e. The molecule has 4 heteroatoms. The van der Waals surface area contributed by atoms with Crippen LogP contribution in [0.25, 0.3) is 0 Å². The van der Waals surface area contributed by atoms with Gasteiger partial charge in [-0.2, -0.15) is 0 Å². The Morgan fingerprint density at radius 1 is 1.31 bits per heavy atom. The summed E-state index contributed by atoms with van der Waals surface area (Å²) >= 11 is 0. The molecule has 0 aliphatic heterocycles. The highest BCUT2D eigenvalue weighted by Gasteiger charge is 1.99. The standard InChI is InChI=1S/C12H15NO3/c1-2-7-15-8-9-16-12-6-4-3-5-11(12)10-13-14/h2-6,10,14H,1,7-9H2. The van der Waals surface area contributed by atoms with Crippen LogP contribution >= 0.6 is 0 Å². The SMILES string of the molecule is C=CCOCCOc1ccccc1C=NO. The lowest BCUT2D eigenvalue weighted by Crippen LogP contribution is -2.07. The molecule has 0 aromatic heterocycles. The highest BCUT2D eigenvalue weighted by Crippen LogP contribution is 2.15. The van der Waals surface area contributed by atoms with E-state index in [1.54, 1.807) is 12.1 Å². The second-order valence-electron chi connectivity index (χ2n) is 2.99. The fourth-order valence-electron chi connectivity index (χ4n) is 1.16. The second kappa shape index (κ2) is 7.48. The van der Waals surface area contributed by atoms with E-state index in [2.05, 4.69) is 11.7 Å². The Balaban J connectivity index is 2.43. The fourth-order valence-corrected chi connectivity index (χ4v) is 1.16. The molecule has 0 unspecified atom stereocenters. The lowest BCUT2D eigenvalue weighted by molar-refractivity contribution is 0.121. The molecule has 0 fully saturated rings. The fraction of sp³-hybridized carbons (Fsp3) is 0.250. The molecule has 1 rings (SSSR count). The predicted molar refractivity (Wildman–Crippen MR) is 62.3 cm³/mol. The molecule has 0 saturated heterocycles. The van der Waals surface area contributed by atoms with Gasteiger partial charge in [0, 0.05) is 5.56 Å². The van der Waals surface area contributed by atoms with Gasteiger partial charge in [-0.15, -0.1) is 6.58 Å². The number of rotatable bonds is 7. The van der Waals surface area contributed by atoms with E-state index in [1.165, 1.54) is 6.21 Å². The predicted octanol–water partition coefficient (Wildman–Crippen LogP) is 2.08. The van der Waals surface area contributed by atoms with Crippen molar-refractivity contribution in [3.8, 4) is 5.75 Å². The molecule has 0 heterocycles. The average molecular weight is 221 g/mol. The molecule has 1 N–H and O–H groups in total. The first-order valence-electron chi connectivity index (χ1n) is 4.96. The van der Waals surface area contributed by atoms with Gasteiger partial charge in [-0.1, -0.05) is 23.4 Å². The summed E-state index contributed by atoms with van der Waals surface area (Å²) in [5, 5.41) is 11.4. The van der Waals surface area contributed by atoms with Crippen LogP contribution in [0.5, 0.6) is 5.75 Å². The van der Waals surface area contributed by atoms with E-state index >= 15 is 0 Å². The summed E-state index contributed by atoms with van der Waals surface area (Å²) in [6.45, 7) is 5.01. The van der Waals surface area contributed by atoms with Crippen LogP contribution in [0.4, 0.5) is 0 Å². The molecule has 16 heavy (non-hydrogen) atoms. The molecule has 86 valence electrons. The third-order valence-corrected chi connectivity index (χ3v) is 1.84. The van der Waals surface area contributed by atoms with Crippen molar-refractivity contribution in [1.29, 1.82) is 0 Å². The number of ether oxygens (including phenoxy) is 2. The third kappa shape index (κ3) is 4.14. The maximum atomic E-state index is 8.46. The van der Waals surface area contributed by atoms with Crippen LogP contribution in [0.2, 0.25) is 0 Å². The maximum absolute atomic E-state index is 8.46. The molecule has 0 bridgehead atoms. The van der Waals surface area contributed by atoms with Crippen molar-refractivity contribution in [3.05, 3.63) is 42.5 Å². The lowest BCUT2D eigenvalue weighted by atomic mass is 10.2. The Hall–Kier alpha value is -1.81. The summed E-state index contributed by atoms with van der Waals surface area (Å²) in [5.41, 5.74) is 0.730. The highest BCUT2D eigenvalue weighted by molar-refractivity contribution is 5.82. The van der Waals surface area contributed by atoms with Gasteiger partial charge in [0.2, 0.25) is 0 Å². The first-order valence-corrected chi connectivity index (χ1v) is 4.96. The normalized spacial score (nSPS) is 10.5. The molecular formula is C12H15NO3. The number of hydrogen-bond acceptors (Lipinski definition) is 4.